The predicted molar refractivity (Wildman–Crippen MR) is 67.1 cm³/mol. The smallest absolute Gasteiger partial charge is 0.232 e. The topological polar surface area (TPSA) is 42.2 Å². The maximum atomic E-state index is 5.34. The van der Waals surface area contributed by atoms with Gasteiger partial charge in [-0.1, -0.05) is 18.1 Å². The van der Waals surface area contributed by atoms with Gasteiger partial charge in [-0.15, -0.1) is 11.3 Å². The van der Waals surface area contributed by atoms with Crippen LogP contribution in [0.5, 0.6) is 0 Å². The van der Waals surface area contributed by atoms with Crippen molar-refractivity contribution in [2.45, 2.75) is 19.3 Å². The Labute approximate surface area is 104 Å². The van der Waals surface area contributed by atoms with E-state index in [0.29, 0.717) is 5.92 Å². The van der Waals surface area contributed by atoms with Crippen molar-refractivity contribution in [3.05, 3.63) is 23.4 Å². The molecule has 0 bridgehead atoms. The van der Waals surface area contributed by atoms with Gasteiger partial charge in [0.15, 0.2) is 0 Å². The molecule has 0 aliphatic carbocycles. The number of aromatic nitrogens is 2. The number of hydrogen-bond acceptors (Lipinski definition) is 5. The Morgan fingerprint density at radius 2 is 2.41 bits per heavy atom. The van der Waals surface area contributed by atoms with E-state index in [0.717, 1.165) is 29.7 Å². The summed E-state index contributed by atoms with van der Waals surface area (Å²) in [6.07, 6.45) is 1.21. The summed E-state index contributed by atoms with van der Waals surface area (Å²) in [6, 6.07) is 4.02. The van der Waals surface area contributed by atoms with Crippen LogP contribution < -0.4 is 0 Å². The molecular weight excluding hydrogens is 234 g/mol. The van der Waals surface area contributed by atoms with Crippen LogP contribution in [-0.4, -0.2) is 34.7 Å². The van der Waals surface area contributed by atoms with E-state index in [-0.39, 0.29) is 0 Å². The third-order valence-corrected chi connectivity index (χ3v) is 3.90. The highest BCUT2D eigenvalue weighted by molar-refractivity contribution is 7.13. The Balaban J connectivity index is 1.66. The van der Waals surface area contributed by atoms with Crippen LogP contribution >= 0.6 is 11.3 Å². The van der Waals surface area contributed by atoms with E-state index < -0.39 is 0 Å². The van der Waals surface area contributed by atoms with Crippen LogP contribution in [0.3, 0.4) is 0 Å². The van der Waals surface area contributed by atoms with Crippen LogP contribution in [0.4, 0.5) is 0 Å². The first-order chi connectivity index (χ1) is 8.36. The summed E-state index contributed by atoms with van der Waals surface area (Å²) in [5.41, 5.74) is 0. The van der Waals surface area contributed by atoms with E-state index in [1.54, 1.807) is 11.3 Å². The molecule has 2 aromatic rings. The number of thiophene rings is 1. The Morgan fingerprint density at radius 3 is 3.12 bits per heavy atom. The fraction of sp³-hybridized carbons (Fsp3) is 0.500. The summed E-state index contributed by atoms with van der Waals surface area (Å²) in [7, 11) is 0. The van der Waals surface area contributed by atoms with Crippen molar-refractivity contribution in [2.24, 2.45) is 0 Å². The Kier molecular flexibility index (Phi) is 2.94. The zero-order valence-electron chi connectivity index (χ0n) is 9.80. The van der Waals surface area contributed by atoms with E-state index in [1.165, 1.54) is 13.0 Å². The van der Waals surface area contributed by atoms with E-state index in [1.807, 2.05) is 17.5 Å². The van der Waals surface area contributed by atoms with Gasteiger partial charge in [0.25, 0.3) is 0 Å². The van der Waals surface area contributed by atoms with Crippen molar-refractivity contribution in [1.82, 2.24) is 15.0 Å². The van der Waals surface area contributed by atoms with E-state index in [4.69, 9.17) is 4.52 Å². The molecule has 0 spiro atoms. The Bertz CT molecular complexity index is 474. The number of likely N-dealkylation sites (tertiary alicyclic amines) is 1. The lowest BCUT2D eigenvalue weighted by molar-refractivity contribution is 0.125. The van der Waals surface area contributed by atoms with Gasteiger partial charge in [0.2, 0.25) is 11.7 Å². The summed E-state index contributed by atoms with van der Waals surface area (Å²) in [6.45, 7) is 5.48. The van der Waals surface area contributed by atoms with Crippen molar-refractivity contribution >= 4 is 11.3 Å². The molecule has 90 valence electrons. The van der Waals surface area contributed by atoms with Crippen LogP contribution in [0.15, 0.2) is 22.0 Å². The molecule has 1 aliphatic rings. The van der Waals surface area contributed by atoms with Gasteiger partial charge in [-0.2, -0.15) is 4.98 Å². The van der Waals surface area contributed by atoms with Crippen molar-refractivity contribution in [2.75, 3.05) is 19.6 Å². The maximum Gasteiger partial charge on any atom is 0.232 e. The highest BCUT2D eigenvalue weighted by Gasteiger charge is 2.31. The zero-order chi connectivity index (χ0) is 11.7. The molecule has 1 fully saturated rings. The molecule has 3 rings (SSSR count). The third kappa shape index (κ3) is 2.12. The van der Waals surface area contributed by atoms with E-state index in [9.17, 15) is 0 Å². The molecule has 0 amide bonds. The molecule has 0 atom stereocenters. The molecule has 0 saturated carbocycles. The van der Waals surface area contributed by atoms with Gasteiger partial charge in [0, 0.05) is 13.1 Å². The SMILES string of the molecule is CCCN1CC(c2nc(-c3cccs3)no2)C1. The minimum Gasteiger partial charge on any atom is -0.339 e. The van der Waals surface area contributed by atoms with Crippen LogP contribution in [-0.2, 0) is 0 Å². The summed E-state index contributed by atoms with van der Waals surface area (Å²) >= 11 is 1.64. The number of hydrogen-bond donors (Lipinski definition) is 0. The second kappa shape index (κ2) is 4.58. The molecule has 0 aromatic carbocycles. The van der Waals surface area contributed by atoms with Gasteiger partial charge in [-0.3, -0.25) is 0 Å². The average Bonchev–Trinajstić information content (AvgIpc) is 2.92. The molecule has 0 radical (unpaired) electrons. The Morgan fingerprint density at radius 1 is 1.53 bits per heavy atom. The normalized spacial score (nSPS) is 17.2. The first kappa shape index (κ1) is 10.9. The second-order valence-electron chi connectivity index (χ2n) is 4.39. The zero-order valence-corrected chi connectivity index (χ0v) is 10.6. The summed E-state index contributed by atoms with van der Waals surface area (Å²) < 4.78 is 5.34. The third-order valence-electron chi connectivity index (χ3n) is 3.03. The molecule has 1 aliphatic heterocycles. The standard InChI is InChI=1S/C12H15N3OS/c1-2-5-15-7-9(8-15)12-13-11(14-16-12)10-4-3-6-17-10/h3-4,6,9H,2,5,7-8H2,1H3. The monoisotopic (exact) mass is 249 g/mol. The van der Waals surface area contributed by atoms with Crippen LogP contribution in [0.1, 0.15) is 25.2 Å². The molecule has 1 saturated heterocycles. The van der Waals surface area contributed by atoms with Gasteiger partial charge in [-0.25, -0.2) is 0 Å². The highest BCUT2D eigenvalue weighted by Crippen LogP contribution is 2.28. The van der Waals surface area contributed by atoms with E-state index >= 15 is 0 Å². The van der Waals surface area contributed by atoms with Crippen LogP contribution in [0.25, 0.3) is 10.7 Å². The minimum atomic E-state index is 0.433. The van der Waals surface area contributed by atoms with Gasteiger partial charge in [0.1, 0.15) is 0 Å². The molecule has 2 aromatic heterocycles. The quantitative estimate of drug-likeness (QED) is 0.835. The van der Waals surface area contributed by atoms with Gasteiger partial charge >= 0.3 is 0 Å². The molecule has 17 heavy (non-hydrogen) atoms. The van der Waals surface area contributed by atoms with Gasteiger partial charge in [0.05, 0.1) is 10.8 Å². The summed E-state index contributed by atoms with van der Waals surface area (Å²) in [5.74, 6) is 1.95. The minimum absolute atomic E-state index is 0.433. The van der Waals surface area contributed by atoms with Crippen molar-refractivity contribution < 1.29 is 4.52 Å². The second-order valence-corrected chi connectivity index (χ2v) is 5.34. The predicted octanol–water partition coefficient (Wildman–Crippen LogP) is 2.61. The van der Waals surface area contributed by atoms with Crippen molar-refractivity contribution in [3.8, 4) is 10.7 Å². The van der Waals surface area contributed by atoms with Crippen molar-refractivity contribution in [1.29, 1.82) is 0 Å². The highest BCUT2D eigenvalue weighted by atomic mass is 32.1. The molecule has 3 heterocycles. The molecule has 0 N–H and O–H groups in total. The van der Waals surface area contributed by atoms with Crippen molar-refractivity contribution in [3.63, 3.8) is 0 Å². The number of rotatable bonds is 4. The van der Waals surface area contributed by atoms with E-state index in [2.05, 4.69) is 22.0 Å². The van der Waals surface area contributed by atoms with Crippen LogP contribution in [0, 0.1) is 0 Å². The fourth-order valence-electron chi connectivity index (χ4n) is 2.13. The molecule has 0 unspecified atom stereocenters. The Hall–Kier alpha value is -1.20. The van der Waals surface area contributed by atoms with Crippen LogP contribution in [0.2, 0.25) is 0 Å². The lowest BCUT2D eigenvalue weighted by atomic mass is 10.0. The first-order valence-electron chi connectivity index (χ1n) is 5.96. The number of nitrogens with zero attached hydrogens (tertiary/aromatic N) is 3. The lowest BCUT2D eigenvalue weighted by Gasteiger charge is -2.36. The fourth-order valence-corrected chi connectivity index (χ4v) is 2.78. The first-order valence-corrected chi connectivity index (χ1v) is 6.84. The average molecular weight is 249 g/mol. The molecule has 5 heteroatoms. The molecule has 4 nitrogen and oxygen atoms in total. The van der Waals surface area contributed by atoms with Gasteiger partial charge < -0.3 is 9.42 Å². The lowest BCUT2D eigenvalue weighted by Crippen LogP contribution is -2.45. The van der Waals surface area contributed by atoms with Gasteiger partial charge in [-0.05, 0) is 24.4 Å². The largest absolute Gasteiger partial charge is 0.339 e. The summed E-state index contributed by atoms with van der Waals surface area (Å²) in [4.78, 5) is 7.97. The molecular formula is C12H15N3OS. The maximum absolute atomic E-state index is 5.34. The summed E-state index contributed by atoms with van der Waals surface area (Å²) in [5, 5.41) is 6.06.